The first-order valence-electron chi connectivity index (χ1n) is 18.5. The van der Waals surface area contributed by atoms with Gasteiger partial charge in [0.2, 0.25) is 0 Å². The lowest BCUT2D eigenvalue weighted by molar-refractivity contribution is -0.200. The molecule has 0 saturated heterocycles. The van der Waals surface area contributed by atoms with Crippen LogP contribution >= 0.6 is 0 Å². The van der Waals surface area contributed by atoms with Crippen LogP contribution in [0.15, 0.2) is 24.3 Å². The van der Waals surface area contributed by atoms with E-state index in [1.807, 2.05) is 0 Å². The summed E-state index contributed by atoms with van der Waals surface area (Å²) in [6.07, 6.45) is 37.0. The van der Waals surface area contributed by atoms with Gasteiger partial charge < -0.3 is 14.2 Å². The van der Waals surface area contributed by atoms with Crippen LogP contribution in [0.3, 0.4) is 0 Å². The molecule has 6 heteroatoms. The molecule has 44 heavy (non-hydrogen) atoms. The summed E-state index contributed by atoms with van der Waals surface area (Å²) in [5.74, 6) is -1.17. The normalized spacial score (nSPS) is 19.8. The standard InChI is InChI=1S/C38H66O6/c1-2-3-4-5-6-7-8-9-10-14-17-20-23-26-29-32-36(40)43-38-34-42-35(39)31-28-25-22-19-16-13-11-12-15-18-21-24-27-30-33-37(41)44-38/h9-12,38H,2-8,13-34H2,1H3/b10-9+,12-11-. The first kappa shape index (κ1) is 39.9. The van der Waals surface area contributed by atoms with Gasteiger partial charge in [0.25, 0.3) is 6.29 Å². The van der Waals surface area contributed by atoms with E-state index >= 15 is 0 Å². The molecule has 0 aliphatic carbocycles. The predicted octanol–water partition coefficient (Wildman–Crippen LogP) is 11.0. The van der Waals surface area contributed by atoms with Gasteiger partial charge in [-0.05, 0) is 70.6 Å². The van der Waals surface area contributed by atoms with Crippen LogP contribution in [0.5, 0.6) is 0 Å². The highest BCUT2D eigenvalue weighted by atomic mass is 16.7. The van der Waals surface area contributed by atoms with Crippen LogP contribution in [0, 0.1) is 0 Å². The summed E-state index contributed by atoms with van der Waals surface area (Å²) in [6.45, 7) is 2.01. The molecule has 0 aromatic heterocycles. The number of cyclic esters (lactones) is 2. The summed E-state index contributed by atoms with van der Waals surface area (Å²) in [5.41, 5.74) is 0. The number of carbonyl (C=O) groups excluding carboxylic acids is 3. The van der Waals surface area contributed by atoms with Gasteiger partial charge in [0.1, 0.15) is 0 Å². The number of unbranched alkanes of at least 4 members (excludes halogenated alkanes) is 11. The van der Waals surface area contributed by atoms with Crippen molar-refractivity contribution in [3.63, 3.8) is 0 Å². The molecule has 0 amide bonds. The quantitative estimate of drug-likeness (QED) is 0.0972. The van der Waals surface area contributed by atoms with E-state index in [9.17, 15) is 14.4 Å². The van der Waals surface area contributed by atoms with Crippen molar-refractivity contribution in [2.45, 2.75) is 193 Å². The van der Waals surface area contributed by atoms with Crippen LogP contribution < -0.4 is 0 Å². The molecule has 0 radical (unpaired) electrons. The fourth-order valence-corrected chi connectivity index (χ4v) is 5.44. The molecule has 0 bridgehead atoms. The van der Waals surface area contributed by atoms with Gasteiger partial charge in [-0.2, -0.15) is 0 Å². The van der Waals surface area contributed by atoms with Crippen molar-refractivity contribution in [3.05, 3.63) is 24.3 Å². The molecule has 0 saturated carbocycles. The molecule has 1 rings (SSSR count). The second kappa shape index (κ2) is 30.9. The zero-order chi connectivity index (χ0) is 31.8. The van der Waals surface area contributed by atoms with Crippen LogP contribution in [0.1, 0.15) is 187 Å². The van der Waals surface area contributed by atoms with Crippen molar-refractivity contribution in [1.29, 1.82) is 0 Å². The highest BCUT2D eigenvalue weighted by Gasteiger charge is 2.21. The number of hydrogen-bond donors (Lipinski definition) is 0. The molecule has 6 nitrogen and oxygen atoms in total. The highest BCUT2D eigenvalue weighted by Crippen LogP contribution is 2.14. The highest BCUT2D eigenvalue weighted by molar-refractivity contribution is 5.72. The Morgan fingerprint density at radius 1 is 0.682 bits per heavy atom. The van der Waals surface area contributed by atoms with Crippen molar-refractivity contribution in [2.75, 3.05) is 6.61 Å². The lowest BCUT2D eigenvalue weighted by Crippen LogP contribution is -2.30. The van der Waals surface area contributed by atoms with E-state index in [0.717, 1.165) is 89.9 Å². The van der Waals surface area contributed by atoms with Crippen molar-refractivity contribution in [1.82, 2.24) is 0 Å². The number of esters is 3. The van der Waals surface area contributed by atoms with Gasteiger partial charge in [-0.1, -0.05) is 121 Å². The molecule has 1 aliphatic heterocycles. The van der Waals surface area contributed by atoms with E-state index < -0.39 is 18.2 Å². The summed E-state index contributed by atoms with van der Waals surface area (Å²) in [6, 6.07) is 0. The molecule has 1 atom stereocenters. The summed E-state index contributed by atoms with van der Waals surface area (Å²) in [7, 11) is 0. The van der Waals surface area contributed by atoms with E-state index in [0.29, 0.717) is 6.42 Å². The average Bonchev–Trinajstić information content (AvgIpc) is 3.01. The molecule has 0 aromatic carbocycles. The molecule has 0 fully saturated rings. The van der Waals surface area contributed by atoms with E-state index in [4.69, 9.17) is 14.2 Å². The van der Waals surface area contributed by atoms with Gasteiger partial charge in [-0.15, -0.1) is 0 Å². The maximum atomic E-state index is 12.5. The SMILES string of the molecule is CCCCCCCC/C=C/CCCCCCCC(=O)OC1COC(=O)CCCCCCC/C=C\CCCCCCCC(=O)O1. The van der Waals surface area contributed by atoms with Crippen molar-refractivity contribution in [3.8, 4) is 0 Å². The average molecular weight is 619 g/mol. The van der Waals surface area contributed by atoms with Crippen LogP contribution in [0.2, 0.25) is 0 Å². The number of rotatable bonds is 16. The summed E-state index contributed by atoms with van der Waals surface area (Å²) >= 11 is 0. The smallest absolute Gasteiger partial charge is 0.308 e. The first-order valence-corrected chi connectivity index (χ1v) is 18.5. The van der Waals surface area contributed by atoms with E-state index in [1.165, 1.54) is 70.6 Å². The van der Waals surface area contributed by atoms with Gasteiger partial charge in [-0.25, -0.2) is 0 Å². The minimum Gasteiger partial charge on any atom is -0.458 e. The molecule has 1 aliphatic rings. The Labute approximate surface area is 270 Å². The Morgan fingerprint density at radius 2 is 1.18 bits per heavy atom. The Hall–Kier alpha value is -2.11. The Morgan fingerprint density at radius 3 is 1.80 bits per heavy atom. The summed E-state index contributed by atoms with van der Waals surface area (Å²) in [4.78, 5) is 37.2. The second-order valence-electron chi connectivity index (χ2n) is 12.5. The fraction of sp³-hybridized carbons (Fsp3) is 0.816. The number of carbonyl (C=O) groups is 3. The third-order valence-corrected chi connectivity index (χ3v) is 8.22. The summed E-state index contributed by atoms with van der Waals surface area (Å²) < 4.78 is 16.2. The predicted molar refractivity (Wildman–Crippen MR) is 180 cm³/mol. The topological polar surface area (TPSA) is 78.9 Å². The number of ether oxygens (including phenoxy) is 3. The molecular formula is C38H66O6. The number of allylic oxidation sites excluding steroid dienone is 4. The fourth-order valence-electron chi connectivity index (χ4n) is 5.44. The third-order valence-electron chi connectivity index (χ3n) is 8.22. The minimum absolute atomic E-state index is 0.241. The molecule has 1 heterocycles. The first-order chi connectivity index (χ1) is 21.6. The molecule has 0 N–H and O–H groups in total. The molecule has 1 unspecified atom stereocenters. The van der Waals surface area contributed by atoms with E-state index in [-0.39, 0.29) is 25.4 Å². The van der Waals surface area contributed by atoms with Gasteiger partial charge in [0.15, 0.2) is 6.61 Å². The summed E-state index contributed by atoms with van der Waals surface area (Å²) in [5, 5.41) is 0. The zero-order valence-corrected chi connectivity index (χ0v) is 28.3. The van der Waals surface area contributed by atoms with E-state index in [1.54, 1.807) is 0 Å². The van der Waals surface area contributed by atoms with Crippen LogP contribution in [-0.4, -0.2) is 30.8 Å². The molecular weight excluding hydrogens is 552 g/mol. The third kappa shape index (κ3) is 27.4. The van der Waals surface area contributed by atoms with Gasteiger partial charge >= 0.3 is 17.9 Å². The monoisotopic (exact) mass is 618 g/mol. The van der Waals surface area contributed by atoms with Gasteiger partial charge in [-0.3, -0.25) is 14.4 Å². The Balaban J connectivity index is 2.29. The molecule has 0 spiro atoms. The lowest BCUT2D eigenvalue weighted by atomic mass is 10.1. The lowest BCUT2D eigenvalue weighted by Gasteiger charge is -2.18. The van der Waals surface area contributed by atoms with Crippen LogP contribution in [0.4, 0.5) is 0 Å². The van der Waals surface area contributed by atoms with E-state index in [2.05, 4.69) is 31.2 Å². The maximum absolute atomic E-state index is 12.5. The largest absolute Gasteiger partial charge is 0.458 e. The van der Waals surface area contributed by atoms with Gasteiger partial charge in [0.05, 0.1) is 0 Å². The van der Waals surface area contributed by atoms with Crippen LogP contribution in [0.25, 0.3) is 0 Å². The molecule has 254 valence electrons. The van der Waals surface area contributed by atoms with Gasteiger partial charge in [0, 0.05) is 19.3 Å². The maximum Gasteiger partial charge on any atom is 0.308 e. The molecule has 0 aromatic rings. The Kier molecular flexibility index (Phi) is 28.0. The van der Waals surface area contributed by atoms with Crippen molar-refractivity contribution >= 4 is 17.9 Å². The van der Waals surface area contributed by atoms with Crippen molar-refractivity contribution in [2.24, 2.45) is 0 Å². The van der Waals surface area contributed by atoms with Crippen molar-refractivity contribution < 1.29 is 28.6 Å². The minimum atomic E-state index is -1.17. The Bertz CT molecular complexity index is 758. The number of hydrogen-bond acceptors (Lipinski definition) is 6. The van der Waals surface area contributed by atoms with Crippen LogP contribution in [-0.2, 0) is 28.6 Å². The zero-order valence-electron chi connectivity index (χ0n) is 28.3. The second-order valence-corrected chi connectivity index (χ2v) is 12.5.